The predicted molar refractivity (Wildman–Crippen MR) is 68.2 cm³/mol. The Morgan fingerprint density at radius 1 is 1.35 bits per heavy atom. The SMILES string of the molecule is CNC(=O)C(C#N)=Cc1ccc(C(C)C)cc1. The molecule has 1 rings (SSSR count). The summed E-state index contributed by atoms with van der Waals surface area (Å²) in [6.45, 7) is 4.24. The molecule has 0 heterocycles. The molecule has 0 fully saturated rings. The van der Waals surface area contributed by atoms with Crippen molar-refractivity contribution in [2.75, 3.05) is 7.05 Å². The van der Waals surface area contributed by atoms with Crippen LogP contribution in [0, 0.1) is 11.3 Å². The van der Waals surface area contributed by atoms with Crippen molar-refractivity contribution >= 4 is 12.0 Å². The van der Waals surface area contributed by atoms with Crippen LogP contribution < -0.4 is 5.32 Å². The molecule has 0 aromatic heterocycles. The van der Waals surface area contributed by atoms with Gasteiger partial charge in [-0.3, -0.25) is 4.79 Å². The zero-order valence-corrected chi connectivity index (χ0v) is 10.3. The van der Waals surface area contributed by atoms with Crippen LogP contribution in [0.25, 0.3) is 6.08 Å². The van der Waals surface area contributed by atoms with E-state index >= 15 is 0 Å². The van der Waals surface area contributed by atoms with Crippen LogP contribution in [0.3, 0.4) is 0 Å². The van der Waals surface area contributed by atoms with Crippen LogP contribution in [0.4, 0.5) is 0 Å². The van der Waals surface area contributed by atoms with Crippen molar-refractivity contribution < 1.29 is 4.79 Å². The quantitative estimate of drug-likeness (QED) is 0.638. The van der Waals surface area contributed by atoms with Gasteiger partial charge in [-0.1, -0.05) is 38.1 Å². The maximum absolute atomic E-state index is 11.3. The predicted octanol–water partition coefficient (Wildman–Crippen LogP) is 2.46. The van der Waals surface area contributed by atoms with E-state index < -0.39 is 0 Å². The van der Waals surface area contributed by atoms with Crippen LogP contribution >= 0.6 is 0 Å². The molecule has 0 unspecified atom stereocenters. The van der Waals surface area contributed by atoms with E-state index in [9.17, 15) is 4.79 Å². The number of benzene rings is 1. The molecular formula is C14H16N2O. The molecule has 0 bridgehead atoms. The van der Waals surface area contributed by atoms with Crippen LogP contribution in [0.2, 0.25) is 0 Å². The van der Waals surface area contributed by atoms with Gasteiger partial charge in [0.15, 0.2) is 0 Å². The van der Waals surface area contributed by atoms with Crippen LogP contribution in [0.1, 0.15) is 30.9 Å². The standard InChI is InChI=1S/C14H16N2O/c1-10(2)12-6-4-11(5-7-12)8-13(9-15)14(17)16-3/h4-8,10H,1-3H3,(H,16,17). The van der Waals surface area contributed by atoms with Crippen molar-refractivity contribution in [1.29, 1.82) is 5.26 Å². The molecule has 88 valence electrons. The molecule has 0 radical (unpaired) electrons. The van der Waals surface area contributed by atoms with Gasteiger partial charge in [0.1, 0.15) is 11.6 Å². The first-order chi connectivity index (χ1) is 8.08. The number of hydrogen-bond acceptors (Lipinski definition) is 2. The minimum atomic E-state index is -0.361. The molecule has 1 aromatic carbocycles. The van der Waals surface area contributed by atoms with Crippen LogP contribution in [-0.4, -0.2) is 13.0 Å². The summed E-state index contributed by atoms with van der Waals surface area (Å²) in [6, 6.07) is 9.73. The number of nitriles is 1. The molecule has 1 aromatic rings. The van der Waals surface area contributed by atoms with Gasteiger partial charge in [0.05, 0.1) is 0 Å². The average Bonchev–Trinajstić information content (AvgIpc) is 2.35. The lowest BCUT2D eigenvalue weighted by Crippen LogP contribution is -2.19. The van der Waals surface area contributed by atoms with E-state index in [-0.39, 0.29) is 11.5 Å². The van der Waals surface area contributed by atoms with Crippen molar-refractivity contribution in [3.8, 4) is 6.07 Å². The van der Waals surface area contributed by atoms with Gasteiger partial charge in [0, 0.05) is 7.05 Å². The Labute approximate surface area is 102 Å². The third-order valence-electron chi connectivity index (χ3n) is 2.51. The fraction of sp³-hybridized carbons (Fsp3) is 0.286. The highest BCUT2D eigenvalue weighted by molar-refractivity contribution is 6.01. The van der Waals surface area contributed by atoms with Crippen LogP contribution in [-0.2, 0) is 4.79 Å². The molecule has 17 heavy (non-hydrogen) atoms. The number of rotatable bonds is 3. The van der Waals surface area contributed by atoms with Crippen LogP contribution in [0.15, 0.2) is 29.8 Å². The smallest absolute Gasteiger partial charge is 0.261 e. The average molecular weight is 228 g/mol. The summed E-state index contributed by atoms with van der Waals surface area (Å²) in [4.78, 5) is 11.3. The van der Waals surface area contributed by atoms with E-state index in [0.29, 0.717) is 5.92 Å². The Morgan fingerprint density at radius 3 is 2.35 bits per heavy atom. The largest absolute Gasteiger partial charge is 0.354 e. The molecule has 1 amide bonds. The minimum absolute atomic E-state index is 0.116. The number of carbonyl (C=O) groups is 1. The lowest BCUT2D eigenvalue weighted by molar-refractivity contribution is -0.116. The first-order valence-electron chi connectivity index (χ1n) is 5.52. The lowest BCUT2D eigenvalue weighted by Gasteiger charge is -2.05. The monoisotopic (exact) mass is 228 g/mol. The number of carbonyl (C=O) groups excluding carboxylic acids is 1. The fourth-order valence-electron chi connectivity index (χ4n) is 1.43. The molecule has 3 heteroatoms. The van der Waals surface area contributed by atoms with Gasteiger partial charge >= 0.3 is 0 Å². The summed E-state index contributed by atoms with van der Waals surface area (Å²) in [5.41, 5.74) is 2.21. The van der Waals surface area contributed by atoms with Gasteiger partial charge in [0.2, 0.25) is 0 Å². The number of nitrogens with one attached hydrogen (secondary N) is 1. The molecule has 0 aliphatic carbocycles. The fourth-order valence-corrected chi connectivity index (χ4v) is 1.43. The first-order valence-corrected chi connectivity index (χ1v) is 5.52. The molecule has 0 spiro atoms. The highest BCUT2D eigenvalue weighted by Crippen LogP contribution is 2.16. The zero-order chi connectivity index (χ0) is 12.8. The summed E-state index contributed by atoms with van der Waals surface area (Å²) in [5, 5.41) is 11.3. The van der Waals surface area contributed by atoms with Crippen molar-refractivity contribution in [1.82, 2.24) is 5.32 Å². The van der Waals surface area contributed by atoms with Gasteiger partial charge < -0.3 is 5.32 Å². The summed E-state index contributed by atoms with van der Waals surface area (Å²) in [5.74, 6) is 0.114. The Morgan fingerprint density at radius 2 is 1.94 bits per heavy atom. The summed E-state index contributed by atoms with van der Waals surface area (Å²) in [7, 11) is 1.51. The van der Waals surface area contributed by atoms with Gasteiger partial charge in [-0.25, -0.2) is 0 Å². The van der Waals surface area contributed by atoms with Crippen molar-refractivity contribution in [3.63, 3.8) is 0 Å². The van der Waals surface area contributed by atoms with Crippen LogP contribution in [0.5, 0.6) is 0 Å². The van der Waals surface area contributed by atoms with E-state index in [1.54, 1.807) is 6.08 Å². The van der Waals surface area contributed by atoms with Gasteiger partial charge in [0.25, 0.3) is 5.91 Å². The van der Waals surface area contributed by atoms with Crippen molar-refractivity contribution in [2.24, 2.45) is 0 Å². The molecule has 0 saturated heterocycles. The third-order valence-corrected chi connectivity index (χ3v) is 2.51. The van der Waals surface area contributed by atoms with E-state index in [4.69, 9.17) is 5.26 Å². The van der Waals surface area contributed by atoms with E-state index in [2.05, 4.69) is 19.2 Å². The maximum Gasteiger partial charge on any atom is 0.261 e. The maximum atomic E-state index is 11.3. The Bertz CT molecular complexity index is 464. The highest BCUT2D eigenvalue weighted by Gasteiger charge is 2.06. The third kappa shape index (κ3) is 3.46. The summed E-state index contributed by atoms with van der Waals surface area (Å²) < 4.78 is 0. The molecule has 0 saturated carbocycles. The second-order valence-electron chi connectivity index (χ2n) is 4.07. The molecule has 0 aliphatic rings. The number of likely N-dealkylation sites (N-methyl/N-ethyl adjacent to an activating group) is 1. The van der Waals surface area contributed by atoms with Gasteiger partial charge in [-0.05, 0) is 23.1 Å². The normalized spacial score (nSPS) is 11.1. The van der Waals surface area contributed by atoms with Gasteiger partial charge in [-0.15, -0.1) is 0 Å². The Kier molecular flexibility index (Phi) is 4.47. The Balaban J connectivity index is 2.98. The molecule has 0 aliphatic heterocycles. The molecule has 3 nitrogen and oxygen atoms in total. The summed E-state index contributed by atoms with van der Waals surface area (Å²) in [6.07, 6.45) is 1.59. The second kappa shape index (κ2) is 5.86. The number of nitrogens with zero attached hydrogens (tertiary/aromatic N) is 1. The topological polar surface area (TPSA) is 52.9 Å². The molecule has 1 N–H and O–H groups in total. The second-order valence-corrected chi connectivity index (χ2v) is 4.07. The number of amides is 1. The van der Waals surface area contributed by atoms with Gasteiger partial charge in [-0.2, -0.15) is 5.26 Å². The first kappa shape index (κ1) is 13.0. The summed E-state index contributed by atoms with van der Waals surface area (Å²) >= 11 is 0. The van der Waals surface area contributed by atoms with Crippen molar-refractivity contribution in [3.05, 3.63) is 41.0 Å². The van der Waals surface area contributed by atoms with E-state index in [1.165, 1.54) is 12.6 Å². The van der Waals surface area contributed by atoms with E-state index in [0.717, 1.165) is 5.56 Å². The highest BCUT2D eigenvalue weighted by atomic mass is 16.1. The Hall–Kier alpha value is -2.08. The molecular weight excluding hydrogens is 212 g/mol. The minimum Gasteiger partial charge on any atom is -0.354 e. The van der Waals surface area contributed by atoms with E-state index in [1.807, 2.05) is 30.3 Å². The van der Waals surface area contributed by atoms with Crippen molar-refractivity contribution in [2.45, 2.75) is 19.8 Å². The molecule has 0 atom stereocenters. The lowest BCUT2D eigenvalue weighted by atomic mass is 10.0. The zero-order valence-electron chi connectivity index (χ0n) is 10.3. The number of hydrogen-bond donors (Lipinski definition) is 1.